The van der Waals surface area contributed by atoms with E-state index >= 15 is 0 Å². The highest BCUT2D eigenvalue weighted by atomic mass is 32.1. The number of hydrazine groups is 1. The molecule has 3 heteroatoms. The molecule has 17 heavy (non-hydrogen) atoms. The van der Waals surface area contributed by atoms with Crippen LogP contribution >= 0.6 is 11.3 Å². The van der Waals surface area contributed by atoms with E-state index in [-0.39, 0.29) is 0 Å². The number of nitrogens with one attached hydrogen (secondary N) is 1. The number of allylic oxidation sites excluding steroid dienone is 1. The predicted molar refractivity (Wildman–Crippen MR) is 75.1 cm³/mol. The topological polar surface area (TPSA) is 38.0 Å². The minimum absolute atomic E-state index is 0.294. The fourth-order valence-corrected chi connectivity index (χ4v) is 3.74. The van der Waals surface area contributed by atoms with Gasteiger partial charge in [-0.1, -0.05) is 5.57 Å². The summed E-state index contributed by atoms with van der Waals surface area (Å²) in [7, 11) is 0. The summed E-state index contributed by atoms with van der Waals surface area (Å²) < 4.78 is 0. The van der Waals surface area contributed by atoms with Gasteiger partial charge < -0.3 is 0 Å². The fourth-order valence-electron chi connectivity index (χ4n) is 2.38. The molecule has 1 aromatic heterocycles. The molecule has 1 atom stereocenters. The van der Waals surface area contributed by atoms with E-state index in [1.807, 2.05) is 11.3 Å². The Morgan fingerprint density at radius 3 is 2.94 bits per heavy atom. The van der Waals surface area contributed by atoms with Gasteiger partial charge in [0.1, 0.15) is 0 Å². The fraction of sp³-hybridized carbons (Fsp3) is 0.571. The molecule has 0 saturated heterocycles. The minimum Gasteiger partial charge on any atom is -0.271 e. The van der Waals surface area contributed by atoms with E-state index in [0.717, 1.165) is 12.8 Å². The maximum atomic E-state index is 5.68. The Labute approximate surface area is 108 Å². The third kappa shape index (κ3) is 3.18. The van der Waals surface area contributed by atoms with Crippen molar-refractivity contribution in [3.63, 3.8) is 0 Å². The summed E-state index contributed by atoms with van der Waals surface area (Å²) in [6.07, 6.45) is 7.29. The molecular weight excluding hydrogens is 228 g/mol. The number of fused-ring (bicyclic) bond motifs is 1. The molecule has 3 N–H and O–H groups in total. The van der Waals surface area contributed by atoms with Gasteiger partial charge in [-0.2, -0.15) is 0 Å². The summed E-state index contributed by atoms with van der Waals surface area (Å²) >= 11 is 1.95. The van der Waals surface area contributed by atoms with Crippen molar-refractivity contribution < 1.29 is 0 Å². The van der Waals surface area contributed by atoms with Crippen molar-refractivity contribution in [1.29, 1.82) is 0 Å². The maximum Gasteiger partial charge on any atom is 0.0556 e. The number of nitrogens with two attached hydrogens (primary N) is 1. The van der Waals surface area contributed by atoms with Crippen LogP contribution in [0.1, 0.15) is 54.0 Å². The third-order valence-electron chi connectivity index (χ3n) is 3.42. The number of aryl methyl sites for hydroxylation is 2. The van der Waals surface area contributed by atoms with E-state index in [9.17, 15) is 0 Å². The summed E-state index contributed by atoms with van der Waals surface area (Å²) in [5.74, 6) is 5.68. The first-order valence-corrected chi connectivity index (χ1v) is 7.24. The van der Waals surface area contributed by atoms with E-state index in [4.69, 9.17) is 5.84 Å². The van der Waals surface area contributed by atoms with Crippen LogP contribution in [0.15, 0.2) is 18.2 Å². The van der Waals surface area contributed by atoms with E-state index in [2.05, 4.69) is 25.0 Å². The summed E-state index contributed by atoms with van der Waals surface area (Å²) in [5.41, 5.74) is 5.74. The maximum absolute atomic E-state index is 5.68. The van der Waals surface area contributed by atoms with Crippen LogP contribution < -0.4 is 11.3 Å². The Morgan fingerprint density at radius 2 is 2.29 bits per heavy atom. The summed E-state index contributed by atoms with van der Waals surface area (Å²) in [6, 6.07) is 2.66. The van der Waals surface area contributed by atoms with Gasteiger partial charge in [0, 0.05) is 9.75 Å². The van der Waals surface area contributed by atoms with Gasteiger partial charge in [-0.05, 0) is 57.1 Å². The van der Waals surface area contributed by atoms with E-state index in [1.165, 1.54) is 36.1 Å². The van der Waals surface area contributed by atoms with Gasteiger partial charge in [-0.25, -0.2) is 0 Å². The van der Waals surface area contributed by atoms with Gasteiger partial charge in [0.2, 0.25) is 0 Å². The van der Waals surface area contributed by atoms with Crippen LogP contribution in [0.3, 0.4) is 0 Å². The van der Waals surface area contributed by atoms with E-state index < -0.39 is 0 Å². The lowest BCUT2D eigenvalue weighted by molar-refractivity contribution is 0.523. The lowest BCUT2D eigenvalue weighted by Gasteiger charge is -2.13. The predicted octanol–water partition coefficient (Wildman–Crippen LogP) is 3.49. The van der Waals surface area contributed by atoms with Gasteiger partial charge in [-0.3, -0.25) is 11.3 Å². The molecule has 1 unspecified atom stereocenters. The molecule has 0 fully saturated rings. The highest BCUT2D eigenvalue weighted by Crippen LogP contribution is 2.34. The molecule has 2 nitrogen and oxygen atoms in total. The largest absolute Gasteiger partial charge is 0.271 e. The zero-order chi connectivity index (χ0) is 12.3. The van der Waals surface area contributed by atoms with Crippen molar-refractivity contribution in [3.05, 3.63) is 33.5 Å². The SMILES string of the molecule is C=C(C)CCC(NN)c1cc2c(s1)CCCC2. The summed E-state index contributed by atoms with van der Waals surface area (Å²) in [4.78, 5) is 2.99. The number of rotatable bonds is 5. The average Bonchev–Trinajstić information content (AvgIpc) is 2.72. The molecule has 0 amide bonds. The molecule has 0 aliphatic heterocycles. The standard InChI is InChI=1S/C14H22N2S/c1-10(2)7-8-12(16-15)14-9-11-5-3-4-6-13(11)17-14/h9,12,16H,1,3-8,15H2,2H3. The van der Waals surface area contributed by atoms with E-state index in [1.54, 1.807) is 10.4 Å². The van der Waals surface area contributed by atoms with Gasteiger partial charge in [-0.15, -0.1) is 17.9 Å². The zero-order valence-electron chi connectivity index (χ0n) is 10.6. The first-order valence-electron chi connectivity index (χ1n) is 6.42. The molecule has 1 aliphatic carbocycles. The van der Waals surface area contributed by atoms with Crippen molar-refractivity contribution in [3.8, 4) is 0 Å². The molecular formula is C14H22N2S. The second kappa shape index (κ2) is 5.80. The van der Waals surface area contributed by atoms with Crippen molar-refractivity contribution in [2.24, 2.45) is 5.84 Å². The minimum atomic E-state index is 0.294. The first kappa shape index (κ1) is 12.8. The van der Waals surface area contributed by atoms with Gasteiger partial charge >= 0.3 is 0 Å². The number of hydrogen-bond donors (Lipinski definition) is 2. The molecule has 0 radical (unpaired) electrons. The molecule has 2 rings (SSSR count). The molecule has 0 aromatic carbocycles. The van der Waals surface area contributed by atoms with Crippen LogP contribution in [0.4, 0.5) is 0 Å². The quantitative estimate of drug-likeness (QED) is 0.477. The molecule has 1 aliphatic rings. The smallest absolute Gasteiger partial charge is 0.0556 e. The van der Waals surface area contributed by atoms with Crippen molar-refractivity contribution in [1.82, 2.24) is 5.43 Å². The Balaban J connectivity index is 2.08. The second-order valence-electron chi connectivity index (χ2n) is 5.02. The Bertz CT molecular complexity index is 371. The Kier molecular flexibility index (Phi) is 4.37. The van der Waals surface area contributed by atoms with Crippen LogP contribution in [-0.2, 0) is 12.8 Å². The molecule has 0 bridgehead atoms. The Hall–Kier alpha value is -0.640. The van der Waals surface area contributed by atoms with Gasteiger partial charge in [0.15, 0.2) is 0 Å². The monoisotopic (exact) mass is 250 g/mol. The summed E-state index contributed by atoms with van der Waals surface area (Å²) in [5, 5.41) is 0. The lowest BCUT2D eigenvalue weighted by Crippen LogP contribution is -2.27. The molecule has 1 heterocycles. The highest BCUT2D eigenvalue weighted by Gasteiger charge is 2.18. The third-order valence-corrected chi connectivity index (χ3v) is 4.77. The van der Waals surface area contributed by atoms with Gasteiger partial charge in [0.05, 0.1) is 6.04 Å². The van der Waals surface area contributed by atoms with Crippen LogP contribution in [0.5, 0.6) is 0 Å². The van der Waals surface area contributed by atoms with Crippen molar-refractivity contribution in [2.45, 2.75) is 51.5 Å². The number of hydrogen-bond acceptors (Lipinski definition) is 3. The first-order chi connectivity index (χ1) is 8.20. The average molecular weight is 250 g/mol. The molecule has 1 aromatic rings. The highest BCUT2D eigenvalue weighted by molar-refractivity contribution is 7.12. The second-order valence-corrected chi connectivity index (χ2v) is 6.19. The molecule has 94 valence electrons. The Morgan fingerprint density at radius 1 is 1.53 bits per heavy atom. The number of thiophene rings is 1. The van der Waals surface area contributed by atoms with Crippen molar-refractivity contribution >= 4 is 11.3 Å². The van der Waals surface area contributed by atoms with Crippen LogP contribution in [-0.4, -0.2) is 0 Å². The van der Waals surface area contributed by atoms with Crippen LogP contribution in [0, 0.1) is 0 Å². The van der Waals surface area contributed by atoms with Gasteiger partial charge in [0.25, 0.3) is 0 Å². The van der Waals surface area contributed by atoms with Crippen LogP contribution in [0.2, 0.25) is 0 Å². The van der Waals surface area contributed by atoms with Crippen LogP contribution in [0.25, 0.3) is 0 Å². The van der Waals surface area contributed by atoms with E-state index in [0.29, 0.717) is 6.04 Å². The summed E-state index contributed by atoms with van der Waals surface area (Å²) in [6.45, 7) is 6.03. The lowest BCUT2D eigenvalue weighted by atomic mass is 9.98. The van der Waals surface area contributed by atoms with Crippen molar-refractivity contribution in [2.75, 3.05) is 0 Å². The molecule has 0 spiro atoms. The normalized spacial score (nSPS) is 16.6. The zero-order valence-corrected chi connectivity index (χ0v) is 11.4. The molecule has 0 saturated carbocycles.